The first kappa shape index (κ1) is 18.1. The number of amides is 2. The van der Waals surface area contributed by atoms with Crippen molar-refractivity contribution in [1.29, 1.82) is 0 Å². The van der Waals surface area contributed by atoms with E-state index in [2.05, 4.69) is 31.0 Å². The highest BCUT2D eigenvalue weighted by atomic mass is 16.2. The van der Waals surface area contributed by atoms with E-state index in [4.69, 9.17) is 5.53 Å². The van der Waals surface area contributed by atoms with Gasteiger partial charge in [0.2, 0.25) is 0 Å². The maximum absolute atomic E-state index is 13.1. The molecule has 1 unspecified atom stereocenters. The van der Waals surface area contributed by atoms with E-state index >= 15 is 0 Å². The van der Waals surface area contributed by atoms with Gasteiger partial charge in [-0.3, -0.25) is 14.9 Å². The van der Waals surface area contributed by atoms with Crippen molar-refractivity contribution in [3.05, 3.63) is 82.3 Å². The van der Waals surface area contributed by atoms with Crippen LogP contribution in [0.4, 0.5) is 0 Å². The Morgan fingerprint density at radius 2 is 1.67 bits per heavy atom. The van der Waals surface area contributed by atoms with E-state index in [1.165, 1.54) is 0 Å². The van der Waals surface area contributed by atoms with Crippen LogP contribution in [0, 0.1) is 0 Å². The third kappa shape index (κ3) is 2.22. The van der Waals surface area contributed by atoms with Crippen molar-refractivity contribution in [2.24, 2.45) is 5.11 Å². The molecule has 0 fully saturated rings. The molecule has 2 amide bonds. The zero-order valence-corrected chi connectivity index (χ0v) is 17.2. The summed E-state index contributed by atoms with van der Waals surface area (Å²) in [5, 5.41) is 9.74. The van der Waals surface area contributed by atoms with Crippen LogP contribution in [0.2, 0.25) is 0 Å². The van der Waals surface area contributed by atoms with Gasteiger partial charge in [-0.25, -0.2) is 0 Å². The maximum atomic E-state index is 13.1. The summed E-state index contributed by atoms with van der Waals surface area (Å²) < 4.78 is 2.21. The zero-order valence-electron chi connectivity index (χ0n) is 17.2. The lowest BCUT2D eigenvalue weighted by Gasteiger charge is -2.16. The largest absolute Gasteiger partial charge is 0.353 e. The van der Waals surface area contributed by atoms with Crippen LogP contribution >= 0.6 is 0 Å². The summed E-state index contributed by atoms with van der Waals surface area (Å²) in [5.41, 5.74) is 13.3. The highest BCUT2D eigenvalue weighted by Crippen LogP contribution is 2.45. The molecule has 1 aliphatic carbocycles. The van der Waals surface area contributed by atoms with Gasteiger partial charge in [0.15, 0.2) is 0 Å². The van der Waals surface area contributed by atoms with Gasteiger partial charge < -0.3 is 9.55 Å². The highest BCUT2D eigenvalue weighted by molar-refractivity contribution is 6.39. The summed E-state index contributed by atoms with van der Waals surface area (Å²) >= 11 is 0. The number of hydrogen-bond donors (Lipinski definition) is 2. The fraction of sp³-hybridized carbons (Fsp3) is 0.120. The predicted octanol–water partition coefficient (Wildman–Crippen LogP) is 5.49. The number of fused-ring (bicyclic) bond motifs is 10. The van der Waals surface area contributed by atoms with Crippen LogP contribution in [0.5, 0.6) is 0 Å². The lowest BCUT2D eigenvalue weighted by atomic mass is 9.96. The molecule has 0 bridgehead atoms. The summed E-state index contributed by atoms with van der Waals surface area (Å²) in [6.45, 7) is 0. The minimum absolute atomic E-state index is 0.0595. The van der Waals surface area contributed by atoms with Crippen LogP contribution in [-0.2, 0) is 0 Å². The number of benzene rings is 3. The van der Waals surface area contributed by atoms with Crippen molar-refractivity contribution in [3.63, 3.8) is 0 Å². The fourth-order valence-electron chi connectivity index (χ4n) is 5.62. The number of carbonyl (C=O) groups excluding carboxylic acids is 2. The molecule has 2 N–H and O–H groups in total. The molecule has 2 atom stereocenters. The standard InChI is InChI=1S/C25H16N6O2/c26-30-29-12-9-10-13(11-12)31-17-8-4-2-6-15(17)19-21-20(24(32)28-25(21)33)18-14-5-1-3-7-16(14)27-22(18)23(19)31/h1-10,12-13,27H,11H2,(H,28,32,33)/t12-,13?/m0/s1. The monoisotopic (exact) mass is 432 g/mol. The molecule has 7 rings (SSSR count). The fourth-order valence-corrected chi connectivity index (χ4v) is 5.62. The number of hydrogen-bond acceptors (Lipinski definition) is 3. The van der Waals surface area contributed by atoms with Crippen molar-refractivity contribution in [2.45, 2.75) is 18.5 Å². The topological polar surface area (TPSA) is 116 Å². The molecule has 3 aromatic carbocycles. The summed E-state index contributed by atoms with van der Waals surface area (Å²) in [6.07, 6.45) is 4.61. The Morgan fingerprint density at radius 3 is 2.48 bits per heavy atom. The van der Waals surface area contributed by atoms with Crippen LogP contribution in [0.25, 0.3) is 54.1 Å². The Bertz CT molecular complexity index is 1780. The summed E-state index contributed by atoms with van der Waals surface area (Å²) in [4.78, 5) is 32.6. The number of nitrogens with one attached hydrogen (secondary N) is 2. The first-order valence-corrected chi connectivity index (χ1v) is 10.7. The number of rotatable bonds is 2. The van der Waals surface area contributed by atoms with Crippen LogP contribution in [-0.4, -0.2) is 27.4 Å². The second-order valence-electron chi connectivity index (χ2n) is 8.52. The summed E-state index contributed by atoms with van der Waals surface area (Å²) in [7, 11) is 0. The highest BCUT2D eigenvalue weighted by Gasteiger charge is 2.36. The Balaban J connectivity index is 1.73. The molecular formula is C25H16N6O2. The van der Waals surface area contributed by atoms with Gasteiger partial charge in [0.05, 0.1) is 34.2 Å². The van der Waals surface area contributed by atoms with Gasteiger partial charge >= 0.3 is 0 Å². The number of aromatic amines is 1. The van der Waals surface area contributed by atoms with Crippen molar-refractivity contribution in [2.75, 3.05) is 0 Å². The van der Waals surface area contributed by atoms with E-state index < -0.39 is 0 Å². The normalized spacial score (nSPS) is 19.6. The number of allylic oxidation sites excluding steroid dienone is 1. The third-order valence-corrected chi connectivity index (χ3v) is 6.85. The number of aromatic nitrogens is 2. The molecule has 158 valence electrons. The summed E-state index contributed by atoms with van der Waals surface area (Å²) in [6, 6.07) is 15.5. The van der Waals surface area contributed by atoms with Crippen molar-refractivity contribution in [3.8, 4) is 0 Å². The number of nitrogens with zero attached hydrogens (tertiary/aromatic N) is 4. The van der Waals surface area contributed by atoms with Crippen LogP contribution in [0.3, 0.4) is 0 Å². The molecule has 8 nitrogen and oxygen atoms in total. The molecule has 2 aliphatic rings. The average Bonchev–Trinajstić information content (AvgIpc) is 3.56. The molecule has 8 heteroatoms. The molecule has 0 radical (unpaired) electrons. The van der Waals surface area contributed by atoms with Crippen LogP contribution < -0.4 is 5.32 Å². The van der Waals surface area contributed by atoms with Crippen molar-refractivity contribution in [1.82, 2.24) is 14.9 Å². The number of azide groups is 1. The van der Waals surface area contributed by atoms with Gasteiger partial charge in [-0.15, -0.1) is 0 Å². The first-order valence-electron chi connectivity index (χ1n) is 10.7. The smallest absolute Gasteiger partial charge is 0.259 e. The lowest BCUT2D eigenvalue weighted by molar-refractivity contribution is 0.0880. The molecule has 0 spiro atoms. The Hall–Kier alpha value is -4.55. The predicted molar refractivity (Wildman–Crippen MR) is 126 cm³/mol. The van der Waals surface area contributed by atoms with Crippen LogP contribution in [0.15, 0.2) is 65.8 Å². The van der Waals surface area contributed by atoms with E-state index in [9.17, 15) is 9.59 Å². The van der Waals surface area contributed by atoms with Gasteiger partial charge in [0, 0.05) is 37.5 Å². The molecule has 1 aliphatic heterocycles. The van der Waals surface area contributed by atoms with Crippen LogP contribution in [0.1, 0.15) is 33.2 Å². The first-order chi connectivity index (χ1) is 16.2. The number of carbonyl (C=O) groups is 2. The number of imide groups is 1. The minimum atomic E-state index is -0.371. The van der Waals surface area contributed by atoms with Gasteiger partial charge in [0.25, 0.3) is 11.8 Å². The van der Waals surface area contributed by atoms with E-state index in [1.807, 2.05) is 54.6 Å². The zero-order chi connectivity index (χ0) is 22.3. The Morgan fingerprint density at radius 1 is 0.939 bits per heavy atom. The molecular weight excluding hydrogens is 416 g/mol. The molecule has 0 saturated heterocycles. The lowest BCUT2D eigenvalue weighted by Crippen LogP contribution is -2.20. The maximum Gasteiger partial charge on any atom is 0.259 e. The quantitative estimate of drug-likeness (QED) is 0.126. The number of H-pyrrole nitrogens is 1. The van der Waals surface area contributed by atoms with Gasteiger partial charge in [0.1, 0.15) is 0 Å². The summed E-state index contributed by atoms with van der Waals surface area (Å²) in [5.74, 6) is -0.739. The van der Waals surface area contributed by atoms with E-state index in [1.54, 1.807) is 0 Å². The number of para-hydroxylation sites is 2. The average molecular weight is 432 g/mol. The molecule has 33 heavy (non-hydrogen) atoms. The van der Waals surface area contributed by atoms with Gasteiger partial charge in [-0.1, -0.05) is 53.7 Å². The van der Waals surface area contributed by atoms with Crippen molar-refractivity contribution < 1.29 is 9.59 Å². The Kier molecular flexibility index (Phi) is 3.42. The SMILES string of the molecule is [N-]=[N+]=N[C@H]1C=CC(n2c3ccccc3c3c4c(c5c6ccccc6[nH]c5c32)C(=O)NC4=O)C1. The van der Waals surface area contributed by atoms with Crippen molar-refractivity contribution >= 4 is 55.4 Å². The second-order valence-corrected chi connectivity index (χ2v) is 8.52. The third-order valence-electron chi connectivity index (χ3n) is 6.85. The van der Waals surface area contributed by atoms with E-state index in [0.717, 1.165) is 43.6 Å². The van der Waals surface area contributed by atoms with Gasteiger partial charge in [-0.2, -0.15) is 0 Å². The second kappa shape index (κ2) is 6.25. The van der Waals surface area contributed by atoms with E-state index in [-0.39, 0.29) is 23.9 Å². The van der Waals surface area contributed by atoms with E-state index in [0.29, 0.717) is 17.5 Å². The molecule has 0 saturated carbocycles. The van der Waals surface area contributed by atoms with Gasteiger partial charge in [-0.05, 0) is 24.1 Å². The Labute approximate surface area is 186 Å². The molecule has 3 heterocycles. The molecule has 2 aromatic heterocycles. The minimum Gasteiger partial charge on any atom is -0.353 e. The molecule has 5 aromatic rings.